The van der Waals surface area contributed by atoms with Gasteiger partial charge in [-0.15, -0.1) is 0 Å². The Morgan fingerprint density at radius 3 is 2.55 bits per heavy atom. The number of hydrogen-bond donors (Lipinski definition) is 2. The van der Waals surface area contributed by atoms with Crippen molar-refractivity contribution in [3.63, 3.8) is 0 Å². The molecule has 1 unspecified atom stereocenters. The number of amides is 1. The van der Waals surface area contributed by atoms with Crippen LogP contribution < -0.4 is 10.6 Å². The first kappa shape index (κ1) is 15.0. The highest BCUT2D eigenvalue weighted by atomic mass is 16.1. The zero-order chi connectivity index (χ0) is 14.5. The first-order chi connectivity index (χ1) is 9.61. The van der Waals surface area contributed by atoms with Crippen molar-refractivity contribution >= 4 is 5.91 Å². The van der Waals surface area contributed by atoms with Gasteiger partial charge in [-0.3, -0.25) is 9.69 Å². The summed E-state index contributed by atoms with van der Waals surface area (Å²) in [6.45, 7) is 4.10. The van der Waals surface area contributed by atoms with Crippen LogP contribution in [0.1, 0.15) is 35.7 Å². The second-order valence-electron chi connectivity index (χ2n) is 5.65. The molecule has 110 valence electrons. The number of benzene rings is 1. The molecule has 1 aliphatic carbocycles. The Kier molecular flexibility index (Phi) is 5.15. The van der Waals surface area contributed by atoms with Crippen LogP contribution in [0.25, 0.3) is 0 Å². The number of nitrogens with one attached hydrogen (secondary N) is 2. The summed E-state index contributed by atoms with van der Waals surface area (Å²) in [6.07, 6.45) is 2.70. The van der Waals surface area contributed by atoms with E-state index >= 15 is 0 Å². The number of carbonyl (C=O) groups excluding carboxylic acids is 1. The smallest absolute Gasteiger partial charge is 0.251 e. The third-order valence-electron chi connectivity index (χ3n) is 4.03. The molecule has 0 heterocycles. The van der Waals surface area contributed by atoms with Gasteiger partial charge in [-0.1, -0.05) is 12.1 Å². The summed E-state index contributed by atoms with van der Waals surface area (Å²) in [7, 11) is 3.86. The van der Waals surface area contributed by atoms with Crippen LogP contribution in [-0.4, -0.2) is 43.5 Å². The molecule has 1 fully saturated rings. The van der Waals surface area contributed by atoms with Crippen molar-refractivity contribution in [2.75, 3.05) is 20.6 Å². The zero-order valence-corrected chi connectivity index (χ0v) is 12.6. The predicted molar refractivity (Wildman–Crippen MR) is 81.8 cm³/mol. The third-order valence-corrected chi connectivity index (χ3v) is 4.03. The van der Waals surface area contributed by atoms with E-state index in [0.717, 1.165) is 19.1 Å². The number of carbonyl (C=O) groups is 1. The quantitative estimate of drug-likeness (QED) is 0.795. The lowest BCUT2D eigenvalue weighted by Crippen LogP contribution is -2.38. The molecular weight excluding hydrogens is 250 g/mol. The van der Waals surface area contributed by atoms with Crippen molar-refractivity contribution in [3.8, 4) is 0 Å². The third kappa shape index (κ3) is 4.05. The Morgan fingerprint density at radius 2 is 2.00 bits per heavy atom. The van der Waals surface area contributed by atoms with E-state index in [4.69, 9.17) is 0 Å². The summed E-state index contributed by atoms with van der Waals surface area (Å²) >= 11 is 0. The standard InChI is InChI=1S/C16H25N3O/c1-12(19(3)15-8-9-15)10-18-11-13-4-6-14(7-5-13)16(20)17-2/h4-7,12,15,18H,8-11H2,1-3H3,(H,17,20). The number of nitrogens with zero attached hydrogens (tertiary/aromatic N) is 1. The molecule has 20 heavy (non-hydrogen) atoms. The first-order valence-electron chi connectivity index (χ1n) is 7.35. The molecule has 1 aromatic carbocycles. The minimum atomic E-state index is -0.0378. The van der Waals surface area contributed by atoms with Crippen LogP contribution in [0, 0.1) is 0 Å². The Balaban J connectivity index is 1.74. The molecular formula is C16H25N3O. The highest BCUT2D eigenvalue weighted by molar-refractivity contribution is 5.93. The van der Waals surface area contributed by atoms with E-state index in [0.29, 0.717) is 11.6 Å². The van der Waals surface area contributed by atoms with Gasteiger partial charge in [0.2, 0.25) is 0 Å². The average molecular weight is 275 g/mol. The molecule has 0 radical (unpaired) electrons. The molecule has 1 atom stereocenters. The monoisotopic (exact) mass is 275 g/mol. The molecule has 4 heteroatoms. The number of rotatable bonds is 7. The fraction of sp³-hybridized carbons (Fsp3) is 0.562. The molecule has 0 saturated heterocycles. The molecule has 1 amide bonds. The van der Waals surface area contributed by atoms with Crippen LogP contribution >= 0.6 is 0 Å². The van der Waals surface area contributed by atoms with E-state index in [2.05, 4.69) is 29.5 Å². The van der Waals surface area contributed by atoms with Gasteiger partial charge in [0.15, 0.2) is 0 Å². The van der Waals surface area contributed by atoms with Gasteiger partial charge in [0.05, 0.1) is 0 Å². The Morgan fingerprint density at radius 1 is 1.35 bits per heavy atom. The lowest BCUT2D eigenvalue weighted by Gasteiger charge is -2.24. The molecule has 2 N–H and O–H groups in total. The van der Waals surface area contributed by atoms with Crippen molar-refractivity contribution in [3.05, 3.63) is 35.4 Å². The van der Waals surface area contributed by atoms with Crippen LogP contribution in [0.4, 0.5) is 0 Å². The van der Waals surface area contributed by atoms with Gasteiger partial charge in [-0.2, -0.15) is 0 Å². The Hall–Kier alpha value is -1.39. The van der Waals surface area contributed by atoms with Crippen LogP contribution in [0.15, 0.2) is 24.3 Å². The van der Waals surface area contributed by atoms with Crippen LogP contribution in [0.2, 0.25) is 0 Å². The summed E-state index contributed by atoms with van der Waals surface area (Å²) in [4.78, 5) is 13.9. The molecule has 2 rings (SSSR count). The summed E-state index contributed by atoms with van der Waals surface area (Å²) in [5, 5.41) is 6.11. The zero-order valence-electron chi connectivity index (χ0n) is 12.6. The summed E-state index contributed by atoms with van der Waals surface area (Å²) in [5.74, 6) is -0.0378. The van der Waals surface area contributed by atoms with Crippen LogP contribution in [-0.2, 0) is 6.54 Å². The maximum absolute atomic E-state index is 11.4. The lowest BCUT2D eigenvalue weighted by molar-refractivity contribution is 0.0963. The van der Waals surface area contributed by atoms with Crippen molar-refractivity contribution in [1.29, 1.82) is 0 Å². The summed E-state index contributed by atoms with van der Waals surface area (Å²) < 4.78 is 0. The van der Waals surface area contributed by atoms with E-state index < -0.39 is 0 Å². The van der Waals surface area contributed by atoms with E-state index in [1.54, 1.807) is 7.05 Å². The Labute approximate surface area is 121 Å². The van der Waals surface area contributed by atoms with Crippen molar-refractivity contribution in [2.45, 2.75) is 38.4 Å². The van der Waals surface area contributed by atoms with E-state index in [-0.39, 0.29) is 5.91 Å². The molecule has 0 spiro atoms. The van der Waals surface area contributed by atoms with Gasteiger partial charge < -0.3 is 10.6 Å². The Bertz CT molecular complexity index is 440. The molecule has 0 bridgehead atoms. The second-order valence-corrected chi connectivity index (χ2v) is 5.65. The lowest BCUT2D eigenvalue weighted by atomic mass is 10.1. The van der Waals surface area contributed by atoms with Crippen molar-refractivity contribution < 1.29 is 4.79 Å². The minimum absolute atomic E-state index is 0.0378. The van der Waals surface area contributed by atoms with E-state index in [1.165, 1.54) is 18.4 Å². The molecule has 1 saturated carbocycles. The second kappa shape index (κ2) is 6.86. The SMILES string of the molecule is CNC(=O)c1ccc(CNCC(C)N(C)C2CC2)cc1. The number of hydrogen-bond acceptors (Lipinski definition) is 3. The highest BCUT2D eigenvalue weighted by Crippen LogP contribution is 2.26. The van der Waals surface area contributed by atoms with Crippen molar-refractivity contribution in [1.82, 2.24) is 15.5 Å². The van der Waals surface area contributed by atoms with Gasteiger partial charge in [-0.05, 0) is 44.5 Å². The predicted octanol–water partition coefficient (Wildman–Crippen LogP) is 1.62. The highest BCUT2D eigenvalue weighted by Gasteiger charge is 2.28. The molecule has 4 nitrogen and oxygen atoms in total. The maximum atomic E-state index is 11.4. The molecule has 0 aliphatic heterocycles. The van der Waals surface area contributed by atoms with Gasteiger partial charge in [0, 0.05) is 37.8 Å². The normalized spacial score (nSPS) is 16.2. The van der Waals surface area contributed by atoms with Crippen LogP contribution in [0.3, 0.4) is 0 Å². The maximum Gasteiger partial charge on any atom is 0.251 e. The number of likely N-dealkylation sites (N-methyl/N-ethyl adjacent to an activating group) is 1. The summed E-state index contributed by atoms with van der Waals surface area (Å²) in [5.41, 5.74) is 1.91. The largest absolute Gasteiger partial charge is 0.355 e. The topological polar surface area (TPSA) is 44.4 Å². The molecule has 1 aromatic rings. The fourth-order valence-corrected chi connectivity index (χ4v) is 2.33. The van der Waals surface area contributed by atoms with Crippen molar-refractivity contribution in [2.24, 2.45) is 0 Å². The van der Waals surface area contributed by atoms with E-state index in [9.17, 15) is 4.79 Å². The summed E-state index contributed by atoms with van der Waals surface area (Å²) in [6, 6.07) is 9.12. The molecule has 0 aromatic heterocycles. The van der Waals surface area contributed by atoms with Gasteiger partial charge in [-0.25, -0.2) is 0 Å². The van der Waals surface area contributed by atoms with E-state index in [1.807, 2.05) is 24.3 Å². The average Bonchev–Trinajstić information content (AvgIpc) is 3.31. The van der Waals surface area contributed by atoms with Gasteiger partial charge in [0.25, 0.3) is 5.91 Å². The first-order valence-corrected chi connectivity index (χ1v) is 7.35. The fourth-order valence-electron chi connectivity index (χ4n) is 2.33. The van der Waals surface area contributed by atoms with Crippen LogP contribution in [0.5, 0.6) is 0 Å². The minimum Gasteiger partial charge on any atom is -0.355 e. The molecule has 1 aliphatic rings. The van der Waals surface area contributed by atoms with Gasteiger partial charge in [0.1, 0.15) is 0 Å². The van der Waals surface area contributed by atoms with Gasteiger partial charge >= 0.3 is 0 Å².